The third-order valence-corrected chi connectivity index (χ3v) is 2.70. The quantitative estimate of drug-likeness (QED) is 0.574. The Bertz CT molecular complexity index is 191. The molecule has 0 aromatic heterocycles. The van der Waals surface area contributed by atoms with E-state index in [2.05, 4.69) is 45.2 Å². The van der Waals surface area contributed by atoms with Gasteiger partial charge in [0.15, 0.2) is 0 Å². The molecule has 0 rings (SSSR count). The molecule has 92 valence electrons. The zero-order chi connectivity index (χ0) is 12.8. The van der Waals surface area contributed by atoms with Crippen molar-refractivity contribution in [1.29, 1.82) is 10.5 Å². The van der Waals surface area contributed by atoms with Crippen molar-refractivity contribution in [3.05, 3.63) is 0 Å². The first kappa shape index (κ1) is 17.8. The predicted molar refractivity (Wildman–Crippen MR) is 71.9 cm³/mol. The molecule has 0 fully saturated rings. The minimum Gasteiger partial charge on any atom is -0.312 e. The number of nitrogens with one attached hydrogen (secondary N) is 1. The summed E-state index contributed by atoms with van der Waals surface area (Å²) in [4.78, 5) is 0. The lowest BCUT2D eigenvalue weighted by molar-refractivity contribution is 0.518. The highest BCUT2D eigenvalue weighted by Gasteiger charge is 1.92. The maximum atomic E-state index is 8.11. The van der Waals surface area contributed by atoms with Gasteiger partial charge in [-0.2, -0.15) is 10.5 Å². The van der Waals surface area contributed by atoms with E-state index in [1.807, 2.05) is 0 Å². The van der Waals surface area contributed by atoms with E-state index in [1.54, 1.807) is 0 Å². The van der Waals surface area contributed by atoms with E-state index >= 15 is 0 Å². The fourth-order valence-corrected chi connectivity index (χ4v) is 1.91. The van der Waals surface area contributed by atoms with Crippen LogP contribution >= 0.6 is 8.58 Å². The molecule has 0 saturated carbocycles. The molecule has 0 aliphatic carbocycles. The summed E-state index contributed by atoms with van der Waals surface area (Å²) in [6, 6.07) is 5.39. The molecule has 0 spiro atoms. The molecule has 0 atom stereocenters. The molecule has 1 N–H and O–H groups in total. The van der Waals surface area contributed by atoms with Crippen LogP contribution in [0.15, 0.2) is 0 Å². The maximum absolute atomic E-state index is 8.11. The Hall–Kier alpha value is -0.630. The summed E-state index contributed by atoms with van der Waals surface area (Å²) in [6.45, 7) is 8.61. The largest absolute Gasteiger partial charge is 0.312 e. The maximum Gasteiger partial charge on any atom is 0.0625 e. The molecular formula is C12H24N3P. The van der Waals surface area contributed by atoms with Gasteiger partial charge in [-0.15, -0.1) is 8.58 Å². The summed E-state index contributed by atoms with van der Waals surface area (Å²) in [5.41, 5.74) is 0. The van der Waals surface area contributed by atoms with E-state index in [4.69, 9.17) is 10.5 Å². The fourth-order valence-electron chi connectivity index (χ4n) is 1.08. The molecule has 0 aromatic rings. The first-order chi connectivity index (χ1) is 7.54. The van der Waals surface area contributed by atoms with Crippen LogP contribution in [0.3, 0.4) is 0 Å². The standard InChI is InChI=1S/C6H9N2P.C6H15N/c7-3-1-5-9-6-2-4-8;1-5(2)7-6(3)4/h9H,1-2,5-6H2;5-7H,1-4H3. The Morgan fingerprint density at radius 2 is 1.31 bits per heavy atom. The van der Waals surface area contributed by atoms with Crippen LogP contribution < -0.4 is 5.32 Å². The van der Waals surface area contributed by atoms with Gasteiger partial charge in [0.05, 0.1) is 12.1 Å². The molecule has 0 heterocycles. The van der Waals surface area contributed by atoms with Crippen LogP contribution in [-0.2, 0) is 0 Å². The lowest BCUT2D eigenvalue weighted by atomic mass is 10.3. The van der Waals surface area contributed by atoms with Crippen LogP contribution in [0.4, 0.5) is 0 Å². The second-order valence-corrected chi connectivity index (χ2v) is 5.54. The molecule has 0 aromatic carbocycles. The lowest BCUT2D eigenvalue weighted by Gasteiger charge is -2.10. The Kier molecular flexibility index (Phi) is 15.9. The van der Waals surface area contributed by atoms with E-state index < -0.39 is 0 Å². The summed E-state index contributed by atoms with van der Waals surface area (Å²) >= 11 is 0. The Balaban J connectivity index is 0. The molecule has 0 radical (unpaired) electrons. The topological polar surface area (TPSA) is 59.6 Å². The van der Waals surface area contributed by atoms with Gasteiger partial charge in [0.25, 0.3) is 0 Å². The molecule has 0 amide bonds. The molecule has 3 nitrogen and oxygen atoms in total. The summed E-state index contributed by atoms with van der Waals surface area (Å²) in [5.74, 6) is 0. The van der Waals surface area contributed by atoms with E-state index in [0.717, 1.165) is 20.9 Å². The SMILES string of the molecule is CC(C)NC(C)C.N#CCCPCCC#N. The van der Waals surface area contributed by atoms with Crippen LogP contribution in [0.2, 0.25) is 0 Å². The van der Waals surface area contributed by atoms with Gasteiger partial charge in [0, 0.05) is 24.9 Å². The van der Waals surface area contributed by atoms with Crippen LogP contribution in [0, 0.1) is 22.7 Å². The molecule has 16 heavy (non-hydrogen) atoms. The van der Waals surface area contributed by atoms with Crippen molar-refractivity contribution in [2.45, 2.75) is 52.6 Å². The van der Waals surface area contributed by atoms with Crippen molar-refractivity contribution in [3.8, 4) is 12.1 Å². The molecule has 4 heteroatoms. The first-order valence-corrected chi connectivity index (χ1v) is 7.16. The molecule has 0 saturated heterocycles. The van der Waals surface area contributed by atoms with Crippen molar-refractivity contribution in [2.75, 3.05) is 12.3 Å². The summed E-state index contributed by atoms with van der Waals surface area (Å²) in [7, 11) is 0.801. The average Bonchev–Trinajstić information content (AvgIpc) is 2.16. The highest BCUT2D eigenvalue weighted by atomic mass is 31.1. The Labute approximate surface area is 102 Å². The third-order valence-electron chi connectivity index (χ3n) is 1.49. The smallest absolute Gasteiger partial charge is 0.0625 e. The number of nitriles is 2. The minimum absolute atomic E-state index is 0.625. The lowest BCUT2D eigenvalue weighted by Crippen LogP contribution is -2.29. The van der Waals surface area contributed by atoms with Gasteiger partial charge in [-0.3, -0.25) is 0 Å². The first-order valence-electron chi connectivity index (χ1n) is 5.75. The van der Waals surface area contributed by atoms with Crippen LogP contribution in [-0.4, -0.2) is 24.4 Å². The summed E-state index contributed by atoms with van der Waals surface area (Å²) in [5, 5.41) is 19.5. The third kappa shape index (κ3) is 23.3. The predicted octanol–water partition coefficient (Wildman–Crippen LogP) is 2.89. The number of hydrogen-bond acceptors (Lipinski definition) is 3. The van der Waals surface area contributed by atoms with Crippen molar-refractivity contribution in [3.63, 3.8) is 0 Å². The minimum atomic E-state index is 0.625. The van der Waals surface area contributed by atoms with Gasteiger partial charge in [0.1, 0.15) is 0 Å². The summed E-state index contributed by atoms with van der Waals surface area (Å²) in [6.07, 6.45) is 3.23. The summed E-state index contributed by atoms with van der Waals surface area (Å²) < 4.78 is 0. The second kappa shape index (κ2) is 14.4. The van der Waals surface area contributed by atoms with Gasteiger partial charge in [-0.05, 0) is 12.3 Å². The molecule has 0 bridgehead atoms. The molecular weight excluding hydrogens is 217 g/mol. The van der Waals surface area contributed by atoms with E-state index in [1.165, 1.54) is 0 Å². The van der Waals surface area contributed by atoms with Crippen molar-refractivity contribution in [2.24, 2.45) is 0 Å². The number of nitrogens with zero attached hydrogens (tertiary/aromatic N) is 2. The zero-order valence-corrected chi connectivity index (χ0v) is 11.9. The average molecular weight is 241 g/mol. The van der Waals surface area contributed by atoms with Crippen molar-refractivity contribution < 1.29 is 0 Å². The fraction of sp³-hybridized carbons (Fsp3) is 0.833. The normalized spacial score (nSPS) is 9.25. The van der Waals surface area contributed by atoms with Gasteiger partial charge < -0.3 is 5.32 Å². The van der Waals surface area contributed by atoms with Gasteiger partial charge in [-0.1, -0.05) is 27.7 Å². The van der Waals surface area contributed by atoms with Crippen LogP contribution in [0.5, 0.6) is 0 Å². The van der Waals surface area contributed by atoms with Gasteiger partial charge in [0.2, 0.25) is 0 Å². The van der Waals surface area contributed by atoms with Gasteiger partial charge in [-0.25, -0.2) is 0 Å². The highest BCUT2D eigenvalue weighted by Crippen LogP contribution is 2.11. The number of hydrogen-bond donors (Lipinski definition) is 1. The molecule has 0 aliphatic heterocycles. The van der Waals surface area contributed by atoms with E-state index in [0.29, 0.717) is 24.9 Å². The van der Waals surface area contributed by atoms with Crippen molar-refractivity contribution in [1.82, 2.24) is 5.32 Å². The Morgan fingerprint density at radius 3 is 1.50 bits per heavy atom. The van der Waals surface area contributed by atoms with E-state index in [-0.39, 0.29) is 0 Å². The van der Waals surface area contributed by atoms with Crippen LogP contribution in [0.25, 0.3) is 0 Å². The monoisotopic (exact) mass is 241 g/mol. The molecule has 0 aliphatic rings. The van der Waals surface area contributed by atoms with Crippen LogP contribution in [0.1, 0.15) is 40.5 Å². The molecule has 0 unspecified atom stereocenters. The van der Waals surface area contributed by atoms with Gasteiger partial charge >= 0.3 is 0 Å². The zero-order valence-electron chi connectivity index (χ0n) is 10.9. The highest BCUT2D eigenvalue weighted by molar-refractivity contribution is 7.37. The van der Waals surface area contributed by atoms with E-state index in [9.17, 15) is 0 Å². The second-order valence-electron chi connectivity index (χ2n) is 4.04. The van der Waals surface area contributed by atoms with Crippen molar-refractivity contribution >= 4 is 8.58 Å². The number of rotatable bonds is 6. The Morgan fingerprint density at radius 1 is 0.938 bits per heavy atom.